The molecule has 3 aromatic rings. The largest absolute Gasteiger partial charge is 0.493 e. The van der Waals surface area contributed by atoms with E-state index in [1.54, 1.807) is 30.3 Å². The smallest absolute Gasteiger partial charge is 0.266 e. The topological polar surface area (TPSA) is 80.8 Å². The second-order valence-corrected chi connectivity index (χ2v) is 14.0. The Morgan fingerprint density at radius 2 is 1.98 bits per heavy atom. The van der Waals surface area contributed by atoms with Crippen molar-refractivity contribution in [1.82, 2.24) is 9.88 Å². The molecular weight excluding hydrogens is 645 g/mol. The van der Waals surface area contributed by atoms with Gasteiger partial charge in [0.2, 0.25) is 5.91 Å². The number of nitrogens with zero attached hydrogens (tertiary/aromatic N) is 2. The number of carbonyl (C=O) groups is 2. The van der Waals surface area contributed by atoms with Gasteiger partial charge in [0.25, 0.3) is 5.91 Å². The second-order valence-electron chi connectivity index (χ2n) is 10.3. The van der Waals surface area contributed by atoms with Crippen LogP contribution < -0.4 is 14.8 Å². The molecule has 0 unspecified atom stereocenters. The summed E-state index contributed by atoms with van der Waals surface area (Å²) in [6, 6.07) is 11.0. The monoisotopic (exact) mass is 675 g/mol. The lowest BCUT2D eigenvalue weighted by Gasteiger charge is -2.24. The van der Waals surface area contributed by atoms with Gasteiger partial charge in [0, 0.05) is 40.5 Å². The maximum atomic E-state index is 13.1. The van der Waals surface area contributed by atoms with Crippen LogP contribution in [0.3, 0.4) is 0 Å². The van der Waals surface area contributed by atoms with E-state index < -0.39 is 0 Å². The van der Waals surface area contributed by atoms with Crippen LogP contribution in [0.2, 0.25) is 10.0 Å². The molecule has 226 valence electrons. The summed E-state index contributed by atoms with van der Waals surface area (Å²) < 4.78 is 12.3. The first kappa shape index (κ1) is 31.8. The van der Waals surface area contributed by atoms with E-state index in [9.17, 15) is 9.59 Å². The normalized spacial score (nSPS) is 16.6. The van der Waals surface area contributed by atoms with Gasteiger partial charge in [-0.25, -0.2) is 4.98 Å². The van der Waals surface area contributed by atoms with Gasteiger partial charge in [-0.05, 0) is 79.6 Å². The molecule has 1 aliphatic heterocycles. The molecule has 12 heteroatoms. The van der Waals surface area contributed by atoms with Gasteiger partial charge >= 0.3 is 0 Å². The van der Waals surface area contributed by atoms with Crippen molar-refractivity contribution in [2.75, 3.05) is 19.0 Å². The number of anilines is 1. The van der Waals surface area contributed by atoms with Crippen molar-refractivity contribution in [2.45, 2.75) is 57.5 Å². The predicted molar refractivity (Wildman–Crippen MR) is 180 cm³/mol. The van der Waals surface area contributed by atoms with Crippen molar-refractivity contribution in [3.05, 3.63) is 73.5 Å². The lowest BCUT2D eigenvalue weighted by Crippen LogP contribution is -2.29. The molecule has 1 N–H and O–H groups in total. The zero-order valence-corrected chi connectivity index (χ0v) is 27.5. The summed E-state index contributed by atoms with van der Waals surface area (Å²) in [5.41, 5.74) is 1.72. The number of aromatic nitrogens is 1. The molecule has 2 aliphatic rings. The van der Waals surface area contributed by atoms with Crippen molar-refractivity contribution in [3.63, 3.8) is 0 Å². The number of halogens is 2. The van der Waals surface area contributed by atoms with Crippen LogP contribution in [0.15, 0.2) is 47.5 Å². The van der Waals surface area contributed by atoms with Gasteiger partial charge in [-0.15, -0.1) is 11.3 Å². The van der Waals surface area contributed by atoms with Gasteiger partial charge in [0.1, 0.15) is 4.32 Å². The summed E-state index contributed by atoms with van der Waals surface area (Å²) >= 11 is 20.5. The van der Waals surface area contributed by atoms with E-state index in [4.69, 9.17) is 44.9 Å². The number of hydrogen-bond donors (Lipinski definition) is 1. The van der Waals surface area contributed by atoms with Crippen molar-refractivity contribution >= 4 is 85.9 Å². The Morgan fingerprint density at radius 1 is 1.16 bits per heavy atom. The Morgan fingerprint density at radius 3 is 2.77 bits per heavy atom. The first-order valence-corrected chi connectivity index (χ1v) is 16.9. The first-order valence-electron chi connectivity index (χ1n) is 14.1. The number of ether oxygens (including phenoxy) is 2. The van der Waals surface area contributed by atoms with Gasteiger partial charge in [-0.1, -0.05) is 59.7 Å². The van der Waals surface area contributed by atoms with Gasteiger partial charge in [-0.3, -0.25) is 14.5 Å². The van der Waals surface area contributed by atoms with Crippen molar-refractivity contribution < 1.29 is 19.1 Å². The minimum absolute atomic E-state index is 0.166. The molecule has 1 aromatic heterocycles. The minimum atomic E-state index is -0.176. The molecule has 1 aliphatic carbocycles. The average molecular weight is 677 g/mol. The quantitative estimate of drug-likeness (QED) is 0.161. The molecule has 2 fully saturated rings. The Bertz CT molecular complexity index is 1540. The Balaban J connectivity index is 1.11. The van der Waals surface area contributed by atoms with E-state index in [0.717, 1.165) is 34.6 Å². The standard InChI is InChI=1S/C31H31Cl2N3O4S3/c1-39-26-14-19(9-12-25(26)40-22-6-3-2-4-7-22)15-27-29(38)36(31(41)43-27)13-5-8-28(37)35-30-34-18-23(42-30)17-20-16-21(32)10-11-24(20)33/h9-12,14-16,18,22H,2-8,13,17H2,1H3,(H,34,35,37)/b27-15-. The molecule has 1 saturated carbocycles. The van der Waals surface area contributed by atoms with E-state index in [1.807, 2.05) is 30.3 Å². The molecule has 2 amide bonds. The molecule has 5 rings (SSSR count). The van der Waals surface area contributed by atoms with E-state index in [-0.39, 0.29) is 24.3 Å². The maximum Gasteiger partial charge on any atom is 0.266 e. The molecule has 2 aromatic carbocycles. The second kappa shape index (κ2) is 14.9. The summed E-state index contributed by atoms with van der Waals surface area (Å²) in [7, 11) is 1.62. The highest BCUT2D eigenvalue weighted by atomic mass is 35.5. The fourth-order valence-electron chi connectivity index (χ4n) is 4.97. The fourth-order valence-corrected chi connectivity index (χ4v) is 7.51. The lowest BCUT2D eigenvalue weighted by atomic mass is 9.98. The lowest BCUT2D eigenvalue weighted by molar-refractivity contribution is -0.122. The van der Waals surface area contributed by atoms with Crippen LogP contribution in [-0.4, -0.2) is 45.8 Å². The first-order chi connectivity index (χ1) is 20.8. The van der Waals surface area contributed by atoms with Crippen LogP contribution in [0, 0.1) is 0 Å². The number of nitrogens with one attached hydrogen (secondary N) is 1. The van der Waals surface area contributed by atoms with Crippen LogP contribution in [0.25, 0.3) is 6.08 Å². The number of hydrogen-bond acceptors (Lipinski definition) is 8. The number of thiazole rings is 1. The number of amides is 2. The third kappa shape index (κ3) is 8.51. The zero-order chi connectivity index (χ0) is 30.3. The van der Waals surface area contributed by atoms with Crippen LogP contribution in [0.5, 0.6) is 11.5 Å². The summed E-state index contributed by atoms with van der Waals surface area (Å²) in [6.07, 6.45) is 10.8. The molecule has 43 heavy (non-hydrogen) atoms. The van der Waals surface area contributed by atoms with Gasteiger partial charge in [0.15, 0.2) is 16.6 Å². The molecular formula is C31H31Cl2N3O4S3. The van der Waals surface area contributed by atoms with Gasteiger partial charge in [-0.2, -0.15) is 0 Å². The Labute approximate surface area is 274 Å². The maximum absolute atomic E-state index is 13.1. The van der Waals surface area contributed by atoms with Crippen molar-refractivity contribution in [2.24, 2.45) is 0 Å². The van der Waals surface area contributed by atoms with Gasteiger partial charge in [0.05, 0.1) is 18.1 Å². The summed E-state index contributed by atoms with van der Waals surface area (Å²) in [5, 5.41) is 4.59. The van der Waals surface area contributed by atoms with Crippen LogP contribution in [0.1, 0.15) is 60.9 Å². The van der Waals surface area contributed by atoms with Crippen molar-refractivity contribution in [1.29, 1.82) is 0 Å². The zero-order valence-electron chi connectivity index (χ0n) is 23.6. The third-order valence-corrected chi connectivity index (χ3v) is 10.1. The number of benzene rings is 2. The van der Waals surface area contributed by atoms with E-state index in [1.165, 1.54) is 42.4 Å². The number of thiocarbonyl (C=S) groups is 1. The number of carbonyl (C=O) groups excluding carboxylic acids is 2. The molecule has 2 heterocycles. The molecule has 7 nitrogen and oxygen atoms in total. The summed E-state index contributed by atoms with van der Waals surface area (Å²) in [6.45, 7) is 0.350. The summed E-state index contributed by atoms with van der Waals surface area (Å²) in [4.78, 5) is 33.1. The molecule has 0 bridgehead atoms. The number of rotatable bonds is 11. The minimum Gasteiger partial charge on any atom is -0.493 e. The summed E-state index contributed by atoms with van der Waals surface area (Å²) in [5.74, 6) is 1.02. The van der Waals surface area contributed by atoms with Crippen LogP contribution >= 0.6 is 58.5 Å². The highest BCUT2D eigenvalue weighted by molar-refractivity contribution is 8.26. The predicted octanol–water partition coefficient (Wildman–Crippen LogP) is 8.38. The average Bonchev–Trinajstić information content (AvgIpc) is 3.54. The van der Waals surface area contributed by atoms with Crippen molar-refractivity contribution in [3.8, 4) is 11.5 Å². The Kier molecular flexibility index (Phi) is 11.0. The molecule has 1 saturated heterocycles. The van der Waals surface area contributed by atoms with E-state index in [2.05, 4.69) is 10.3 Å². The number of methoxy groups -OCH3 is 1. The number of thioether (sulfide) groups is 1. The highest BCUT2D eigenvalue weighted by Gasteiger charge is 2.31. The van der Waals surface area contributed by atoms with E-state index >= 15 is 0 Å². The Hall–Kier alpha value is -2.63. The van der Waals surface area contributed by atoms with Crippen LogP contribution in [-0.2, 0) is 16.0 Å². The van der Waals surface area contributed by atoms with Gasteiger partial charge < -0.3 is 14.8 Å². The van der Waals surface area contributed by atoms with E-state index in [0.29, 0.717) is 49.5 Å². The molecule has 0 spiro atoms. The molecule has 0 atom stereocenters. The van der Waals surface area contributed by atoms with Crippen LogP contribution in [0.4, 0.5) is 5.13 Å². The highest BCUT2D eigenvalue weighted by Crippen LogP contribution is 2.36. The fraction of sp³-hybridized carbons (Fsp3) is 0.355. The third-order valence-electron chi connectivity index (χ3n) is 7.16. The SMILES string of the molecule is COc1cc(/C=C2\SC(=S)N(CCCC(=O)Nc3ncc(Cc4cc(Cl)ccc4Cl)s3)C2=O)ccc1OC1CCCCC1. The molecule has 0 radical (unpaired) electrons.